The van der Waals surface area contributed by atoms with E-state index < -0.39 is 5.97 Å². The van der Waals surface area contributed by atoms with Gasteiger partial charge in [-0.1, -0.05) is 12.1 Å². The Balaban J connectivity index is 2.27. The molecular formula is C17H15FN2O2. The third-order valence-electron chi connectivity index (χ3n) is 2.87. The third-order valence-corrected chi connectivity index (χ3v) is 2.87. The smallest absolute Gasteiger partial charge is 0.363 e. The minimum absolute atomic E-state index is 0.179. The highest BCUT2D eigenvalue weighted by Crippen LogP contribution is 2.19. The van der Waals surface area contributed by atoms with Crippen molar-refractivity contribution in [2.75, 3.05) is 0 Å². The molecule has 0 fully saturated rings. The Labute approximate surface area is 128 Å². The number of aliphatic imine (C=N–C) groups is 2. The van der Waals surface area contributed by atoms with Gasteiger partial charge in [-0.05, 0) is 56.0 Å². The molecule has 1 heterocycles. The van der Waals surface area contributed by atoms with Crippen LogP contribution in [0, 0.1) is 5.82 Å². The average Bonchev–Trinajstić information content (AvgIpc) is 2.83. The molecule has 112 valence electrons. The first-order valence-corrected chi connectivity index (χ1v) is 6.59. The Hall–Kier alpha value is -2.82. The highest BCUT2D eigenvalue weighted by Gasteiger charge is 2.23. The van der Waals surface area contributed by atoms with E-state index in [0.29, 0.717) is 11.1 Å². The van der Waals surface area contributed by atoms with Crippen LogP contribution >= 0.6 is 0 Å². The summed E-state index contributed by atoms with van der Waals surface area (Å²) in [5.74, 6) is -0.622. The first-order chi connectivity index (χ1) is 10.5. The maximum Gasteiger partial charge on any atom is 0.363 e. The Morgan fingerprint density at radius 3 is 2.64 bits per heavy atom. The number of hydrogen-bond donors (Lipinski definition) is 0. The van der Waals surface area contributed by atoms with Crippen molar-refractivity contribution in [2.45, 2.75) is 13.8 Å². The maximum atomic E-state index is 12.9. The van der Waals surface area contributed by atoms with Gasteiger partial charge in [0, 0.05) is 11.8 Å². The molecule has 0 unspecified atom stereocenters. The zero-order chi connectivity index (χ0) is 16.1. The summed E-state index contributed by atoms with van der Waals surface area (Å²) in [5.41, 5.74) is 2.42. The highest BCUT2D eigenvalue weighted by molar-refractivity contribution is 6.12. The van der Waals surface area contributed by atoms with E-state index in [4.69, 9.17) is 4.74 Å². The molecule has 5 heteroatoms. The number of hydrogen-bond acceptors (Lipinski definition) is 4. The van der Waals surface area contributed by atoms with E-state index in [0.717, 1.165) is 5.57 Å². The van der Waals surface area contributed by atoms with Crippen molar-refractivity contribution < 1.29 is 13.9 Å². The van der Waals surface area contributed by atoms with Crippen LogP contribution < -0.4 is 0 Å². The van der Waals surface area contributed by atoms with Gasteiger partial charge in [0.25, 0.3) is 0 Å². The summed E-state index contributed by atoms with van der Waals surface area (Å²) in [4.78, 5) is 19.7. The summed E-state index contributed by atoms with van der Waals surface area (Å²) in [6.45, 7) is 7.01. The lowest BCUT2D eigenvalue weighted by molar-refractivity contribution is -0.129. The van der Waals surface area contributed by atoms with E-state index in [9.17, 15) is 9.18 Å². The van der Waals surface area contributed by atoms with Crippen molar-refractivity contribution in [2.24, 2.45) is 9.98 Å². The van der Waals surface area contributed by atoms with Crippen LogP contribution in [-0.2, 0) is 9.53 Å². The van der Waals surface area contributed by atoms with Crippen LogP contribution in [0.15, 0.2) is 63.4 Å². The van der Waals surface area contributed by atoms with E-state index in [1.54, 1.807) is 37.4 Å². The van der Waals surface area contributed by atoms with Crippen molar-refractivity contribution in [1.82, 2.24) is 0 Å². The van der Waals surface area contributed by atoms with Gasteiger partial charge in [-0.2, -0.15) is 0 Å². The number of carbonyl (C=O) groups excluding carboxylic acids is 1. The molecule has 0 atom stereocenters. The molecule has 2 rings (SSSR count). The van der Waals surface area contributed by atoms with Crippen LogP contribution in [0.25, 0.3) is 6.08 Å². The topological polar surface area (TPSA) is 51.0 Å². The van der Waals surface area contributed by atoms with Crippen LogP contribution in [0.5, 0.6) is 0 Å². The number of allylic oxidation sites excluding steroid dienone is 2. The maximum absolute atomic E-state index is 12.9. The van der Waals surface area contributed by atoms with Crippen molar-refractivity contribution >= 4 is 24.7 Å². The Bertz CT molecular complexity index is 726. The predicted molar refractivity (Wildman–Crippen MR) is 85.0 cm³/mol. The van der Waals surface area contributed by atoms with Crippen molar-refractivity contribution in [3.8, 4) is 0 Å². The molecular weight excluding hydrogens is 283 g/mol. The predicted octanol–water partition coefficient (Wildman–Crippen LogP) is 3.67. The second-order valence-corrected chi connectivity index (χ2v) is 4.77. The second-order valence-electron chi connectivity index (χ2n) is 4.77. The molecule has 0 saturated carbocycles. The summed E-state index contributed by atoms with van der Waals surface area (Å²) in [6.07, 6.45) is 4.94. The lowest BCUT2D eigenvalue weighted by atomic mass is 10.2. The zero-order valence-corrected chi connectivity index (χ0v) is 12.3. The van der Waals surface area contributed by atoms with Gasteiger partial charge in [0.05, 0.1) is 0 Å². The zero-order valence-electron chi connectivity index (χ0n) is 12.3. The van der Waals surface area contributed by atoms with Crippen LogP contribution in [-0.4, -0.2) is 18.6 Å². The molecule has 0 bridgehead atoms. The molecule has 0 aromatic heterocycles. The molecule has 0 saturated heterocycles. The van der Waals surface area contributed by atoms with Crippen LogP contribution in [0.2, 0.25) is 0 Å². The molecule has 1 aromatic rings. The summed E-state index contributed by atoms with van der Waals surface area (Å²) in [6, 6.07) is 5.76. The number of cyclic esters (lactones) is 1. The van der Waals surface area contributed by atoms with Gasteiger partial charge in [0.15, 0.2) is 5.70 Å². The second kappa shape index (κ2) is 6.76. The normalized spacial score (nSPS) is 17.5. The molecule has 0 N–H and O–H groups in total. The summed E-state index contributed by atoms with van der Waals surface area (Å²) >= 11 is 0. The fraction of sp³-hybridized carbons (Fsp3) is 0.118. The fourth-order valence-electron chi connectivity index (χ4n) is 1.88. The largest absolute Gasteiger partial charge is 0.402 e. The first kappa shape index (κ1) is 15.6. The molecule has 1 aromatic carbocycles. The lowest BCUT2D eigenvalue weighted by Crippen LogP contribution is -2.05. The Morgan fingerprint density at radius 2 is 2.00 bits per heavy atom. The Morgan fingerprint density at radius 1 is 1.32 bits per heavy atom. The van der Waals surface area contributed by atoms with E-state index in [1.807, 2.05) is 6.92 Å². The highest BCUT2D eigenvalue weighted by atomic mass is 19.1. The van der Waals surface area contributed by atoms with Gasteiger partial charge >= 0.3 is 5.97 Å². The molecule has 22 heavy (non-hydrogen) atoms. The number of halogens is 1. The first-order valence-electron chi connectivity index (χ1n) is 6.59. The van der Waals surface area contributed by atoms with Gasteiger partial charge in [-0.25, -0.2) is 14.2 Å². The molecule has 1 aliphatic heterocycles. The fourth-order valence-corrected chi connectivity index (χ4v) is 1.88. The lowest BCUT2D eigenvalue weighted by Gasteiger charge is -1.98. The standard InChI is InChI=1S/C17H15FN2O2/c1-11(10-19-3)8-12(2)16-20-15(17(21)22-16)9-13-4-6-14(18)7-5-13/h4-10H,3H2,1-2H3/b11-10-,12-8+,15-9-. The number of benzene rings is 1. The average molecular weight is 298 g/mol. The minimum Gasteiger partial charge on any atom is -0.402 e. The number of ether oxygens (including phenoxy) is 1. The van der Waals surface area contributed by atoms with Crippen molar-refractivity contribution in [1.29, 1.82) is 0 Å². The molecule has 4 nitrogen and oxygen atoms in total. The number of nitrogens with zero attached hydrogens (tertiary/aromatic N) is 2. The van der Waals surface area contributed by atoms with Crippen LogP contribution in [0.4, 0.5) is 4.39 Å². The van der Waals surface area contributed by atoms with E-state index in [2.05, 4.69) is 16.7 Å². The van der Waals surface area contributed by atoms with Crippen LogP contribution in [0.3, 0.4) is 0 Å². The van der Waals surface area contributed by atoms with E-state index in [-0.39, 0.29) is 17.4 Å². The molecule has 0 amide bonds. The van der Waals surface area contributed by atoms with Crippen molar-refractivity contribution in [3.05, 3.63) is 64.8 Å². The third kappa shape index (κ3) is 3.85. The monoisotopic (exact) mass is 298 g/mol. The number of esters is 1. The molecule has 0 radical (unpaired) electrons. The summed E-state index contributed by atoms with van der Waals surface area (Å²) in [5, 5.41) is 0. The molecule has 0 aliphatic carbocycles. The van der Waals surface area contributed by atoms with E-state index >= 15 is 0 Å². The van der Waals surface area contributed by atoms with E-state index in [1.165, 1.54) is 12.1 Å². The van der Waals surface area contributed by atoms with Gasteiger partial charge in [0.2, 0.25) is 5.90 Å². The van der Waals surface area contributed by atoms with Gasteiger partial charge in [-0.15, -0.1) is 0 Å². The van der Waals surface area contributed by atoms with Gasteiger partial charge < -0.3 is 4.74 Å². The molecule has 1 aliphatic rings. The molecule has 0 spiro atoms. The summed E-state index contributed by atoms with van der Waals surface area (Å²) < 4.78 is 18.0. The minimum atomic E-state index is -0.532. The van der Waals surface area contributed by atoms with Crippen molar-refractivity contribution in [3.63, 3.8) is 0 Å². The summed E-state index contributed by atoms with van der Waals surface area (Å²) in [7, 11) is 0. The Kier molecular flexibility index (Phi) is 4.78. The number of carbonyl (C=O) groups is 1. The SMILES string of the molecule is C=N/C=C(C)\C=C(/C)C1=N/C(=C\c2ccc(F)cc2)C(=O)O1. The van der Waals surface area contributed by atoms with Crippen LogP contribution in [0.1, 0.15) is 19.4 Å². The van der Waals surface area contributed by atoms with Gasteiger partial charge in [0.1, 0.15) is 5.82 Å². The quantitative estimate of drug-likeness (QED) is 0.368. The number of rotatable bonds is 4. The van der Waals surface area contributed by atoms with Gasteiger partial charge in [-0.3, -0.25) is 4.99 Å².